The molecule has 5 nitrogen and oxygen atoms in total. The van der Waals surface area contributed by atoms with Crippen LogP contribution >= 0.6 is 11.8 Å². The van der Waals surface area contributed by atoms with E-state index >= 15 is 0 Å². The average molecular weight is 404 g/mol. The Balaban J connectivity index is 1.51. The number of benzene rings is 2. The van der Waals surface area contributed by atoms with Gasteiger partial charge in [0.25, 0.3) is 0 Å². The van der Waals surface area contributed by atoms with Crippen LogP contribution in [0.3, 0.4) is 0 Å². The third kappa shape index (κ3) is 4.78. The Morgan fingerprint density at radius 3 is 2.59 bits per heavy atom. The first kappa shape index (κ1) is 19.1. The zero-order valence-corrected chi connectivity index (χ0v) is 16.9. The number of imidazole rings is 1. The fourth-order valence-corrected chi connectivity index (χ4v) is 3.77. The van der Waals surface area contributed by atoms with Gasteiger partial charge in [0.15, 0.2) is 5.16 Å². The van der Waals surface area contributed by atoms with Crippen molar-refractivity contribution in [1.29, 1.82) is 0 Å². The molecule has 1 N–H and O–H groups in total. The number of anilines is 1. The molecule has 4 aromatic rings. The lowest BCUT2D eigenvalue weighted by Crippen LogP contribution is -2.14. The normalized spacial score (nSPS) is 10.8. The lowest BCUT2D eigenvalue weighted by molar-refractivity contribution is -0.113. The van der Waals surface area contributed by atoms with Gasteiger partial charge in [-0.2, -0.15) is 0 Å². The number of aryl methyl sites for hydroxylation is 1. The van der Waals surface area contributed by atoms with Gasteiger partial charge in [0.05, 0.1) is 30.5 Å². The Morgan fingerprint density at radius 1 is 1.07 bits per heavy atom. The summed E-state index contributed by atoms with van der Waals surface area (Å²) < 4.78 is 7.61. The van der Waals surface area contributed by atoms with Gasteiger partial charge in [0.2, 0.25) is 5.91 Å². The molecule has 0 aliphatic rings. The van der Waals surface area contributed by atoms with Crippen LogP contribution in [0.2, 0.25) is 0 Å². The van der Waals surface area contributed by atoms with Crippen LogP contribution in [0.15, 0.2) is 88.8 Å². The molecule has 1 amide bonds. The van der Waals surface area contributed by atoms with Crippen LogP contribution in [0.4, 0.5) is 5.69 Å². The van der Waals surface area contributed by atoms with Crippen molar-refractivity contribution < 1.29 is 9.21 Å². The van der Waals surface area contributed by atoms with Gasteiger partial charge in [0.1, 0.15) is 5.76 Å². The van der Waals surface area contributed by atoms with E-state index in [1.807, 2.05) is 79.9 Å². The van der Waals surface area contributed by atoms with Crippen molar-refractivity contribution >= 4 is 23.4 Å². The number of hydrogen-bond donors (Lipinski definition) is 1. The Bertz CT molecular complexity index is 1070. The molecule has 6 heteroatoms. The molecule has 2 aromatic heterocycles. The summed E-state index contributed by atoms with van der Waals surface area (Å²) in [5.41, 5.74) is 4.02. The van der Waals surface area contributed by atoms with Gasteiger partial charge in [-0.05, 0) is 36.8 Å². The molecule has 0 atom stereocenters. The van der Waals surface area contributed by atoms with E-state index in [1.54, 1.807) is 6.26 Å². The standard InChI is InChI=1S/C23H21N3O2S/c1-17-9-11-19(12-10-17)25-22(27)16-29-23-24-14-21(18-6-3-2-4-7-18)26(23)15-20-8-5-13-28-20/h2-14H,15-16H2,1H3,(H,25,27). The number of carbonyl (C=O) groups is 1. The van der Waals surface area contributed by atoms with E-state index in [0.29, 0.717) is 6.54 Å². The third-order valence-corrected chi connectivity index (χ3v) is 5.44. The first-order valence-corrected chi connectivity index (χ1v) is 10.3. The lowest BCUT2D eigenvalue weighted by atomic mass is 10.2. The Kier molecular flexibility index (Phi) is 5.81. The zero-order chi connectivity index (χ0) is 20.1. The summed E-state index contributed by atoms with van der Waals surface area (Å²) in [7, 11) is 0. The minimum absolute atomic E-state index is 0.0623. The molecule has 0 aliphatic carbocycles. The highest BCUT2D eigenvalue weighted by Crippen LogP contribution is 2.27. The molecule has 0 spiro atoms. The summed E-state index contributed by atoms with van der Waals surface area (Å²) in [6.07, 6.45) is 3.51. The van der Waals surface area contributed by atoms with Crippen molar-refractivity contribution in [1.82, 2.24) is 9.55 Å². The molecule has 2 heterocycles. The fourth-order valence-electron chi connectivity index (χ4n) is 2.99. The number of amides is 1. The molecule has 0 fully saturated rings. The smallest absolute Gasteiger partial charge is 0.234 e. The number of hydrogen-bond acceptors (Lipinski definition) is 4. The van der Waals surface area contributed by atoms with Crippen LogP contribution in [0.5, 0.6) is 0 Å². The van der Waals surface area contributed by atoms with E-state index in [2.05, 4.69) is 14.9 Å². The van der Waals surface area contributed by atoms with E-state index in [4.69, 9.17) is 4.42 Å². The Hall–Kier alpha value is -3.25. The van der Waals surface area contributed by atoms with Crippen molar-refractivity contribution in [3.05, 3.63) is 90.5 Å². The molecular formula is C23H21N3O2S. The quantitative estimate of drug-likeness (QED) is 0.429. The van der Waals surface area contributed by atoms with Gasteiger partial charge in [-0.1, -0.05) is 59.8 Å². The van der Waals surface area contributed by atoms with Gasteiger partial charge < -0.3 is 14.3 Å². The molecule has 0 saturated carbocycles. The van der Waals surface area contributed by atoms with Crippen molar-refractivity contribution in [2.45, 2.75) is 18.6 Å². The molecule has 0 aliphatic heterocycles. The van der Waals surface area contributed by atoms with E-state index in [1.165, 1.54) is 11.8 Å². The molecule has 4 rings (SSSR count). The molecule has 0 radical (unpaired) electrons. The summed E-state index contributed by atoms with van der Waals surface area (Å²) in [6, 6.07) is 21.7. The second-order valence-electron chi connectivity index (χ2n) is 6.66. The summed E-state index contributed by atoms with van der Waals surface area (Å²) in [5.74, 6) is 1.05. The van der Waals surface area contributed by atoms with Crippen LogP contribution < -0.4 is 5.32 Å². The molecule has 0 unspecified atom stereocenters. The number of nitrogens with one attached hydrogen (secondary N) is 1. The second-order valence-corrected chi connectivity index (χ2v) is 7.60. The van der Waals surface area contributed by atoms with Crippen molar-refractivity contribution in [3.8, 4) is 11.3 Å². The fraction of sp³-hybridized carbons (Fsp3) is 0.130. The monoisotopic (exact) mass is 403 g/mol. The molecule has 0 saturated heterocycles. The van der Waals surface area contributed by atoms with Crippen LogP contribution in [0.1, 0.15) is 11.3 Å². The van der Waals surface area contributed by atoms with E-state index in [9.17, 15) is 4.79 Å². The molecule has 2 aromatic carbocycles. The number of furan rings is 1. The lowest BCUT2D eigenvalue weighted by Gasteiger charge is -2.11. The van der Waals surface area contributed by atoms with Gasteiger partial charge >= 0.3 is 0 Å². The zero-order valence-electron chi connectivity index (χ0n) is 16.0. The SMILES string of the molecule is Cc1ccc(NC(=O)CSc2ncc(-c3ccccc3)n2Cc2ccco2)cc1. The Labute approximate surface area is 173 Å². The maximum absolute atomic E-state index is 12.4. The molecule has 29 heavy (non-hydrogen) atoms. The number of thioether (sulfide) groups is 1. The van der Waals surface area contributed by atoms with Crippen LogP contribution in [0.25, 0.3) is 11.3 Å². The minimum Gasteiger partial charge on any atom is -0.467 e. The van der Waals surface area contributed by atoms with Gasteiger partial charge in [0, 0.05) is 5.69 Å². The van der Waals surface area contributed by atoms with E-state index < -0.39 is 0 Å². The highest BCUT2D eigenvalue weighted by Gasteiger charge is 2.15. The van der Waals surface area contributed by atoms with Crippen molar-refractivity contribution in [3.63, 3.8) is 0 Å². The topological polar surface area (TPSA) is 60.1 Å². The van der Waals surface area contributed by atoms with Crippen molar-refractivity contribution in [2.24, 2.45) is 0 Å². The van der Waals surface area contributed by atoms with Crippen LogP contribution in [0, 0.1) is 6.92 Å². The largest absolute Gasteiger partial charge is 0.467 e. The summed E-state index contributed by atoms with van der Waals surface area (Å²) in [5, 5.41) is 3.70. The average Bonchev–Trinajstić information content (AvgIpc) is 3.39. The molecule has 146 valence electrons. The number of rotatable bonds is 7. The first-order chi connectivity index (χ1) is 14.2. The number of nitrogens with zero attached hydrogens (tertiary/aromatic N) is 2. The highest BCUT2D eigenvalue weighted by atomic mass is 32.2. The van der Waals surface area contributed by atoms with Crippen LogP contribution in [-0.4, -0.2) is 21.2 Å². The molecule has 0 bridgehead atoms. The summed E-state index contributed by atoms with van der Waals surface area (Å²) >= 11 is 1.41. The van der Waals surface area contributed by atoms with Gasteiger partial charge in [-0.15, -0.1) is 0 Å². The predicted octanol–water partition coefficient (Wildman–Crippen LogP) is 5.23. The van der Waals surface area contributed by atoms with E-state index in [-0.39, 0.29) is 11.7 Å². The van der Waals surface area contributed by atoms with Crippen LogP contribution in [-0.2, 0) is 11.3 Å². The number of aromatic nitrogens is 2. The summed E-state index contributed by atoms with van der Waals surface area (Å²) in [4.78, 5) is 17.0. The second kappa shape index (κ2) is 8.84. The van der Waals surface area contributed by atoms with Gasteiger partial charge in [-0.25, -0.2) is 4.98 Å². The first-order valence-electron chi connectivity index (χ1n) is 9.32. The van der Waals surface area contributed by atoms with Gasteiger partial charge in [-0.3, -0.25) is 4.79 Å². The summed E-state index contributed by atoms with van der Waals surface area (Å²) in [6.45, 7) is 2.57. The highest BCUT2D eigenvalue weighted by molar-refractivity contribution is 7.99. The van der Waals surface area contributed by atoms with E-state index in [0.717, 1.165) is 33.4 Å². The number of carbonyl (C=O) groups excluding carboxylic acids is 1. The van der Waals surface area contributed by atoms with Crippen molar-refractivity contribution in [2.75, 3.05) is 11.1 Å². The Morgan fingerprint density at radius 2 is 1.86 bits per heavy atom. The predicted molar refractivity (Wildman–Crippen MR) is 116 cm³/mol. The molecular weight excluding hydrogens is 382 g/mol. The minimum atomic E-state index is -0.0623. The third-order valence-electron chi connectivity index (χ3n) is 4.45. The maximum atomic E-state index is 12.4. The maximum Gasteiger partial charge on any atom is 0.234 e.